The molecule has 0 radical (unpaired) electrons. The third kappa shape index (κ3) is 39.6. The minimum absolute atomic E-state index is 0.00801. The second kappa shape index (κ2) is 52.0. The minimum atomic E-state index is -1.65. The molecule has 1 rings (SSSR count). The molecule has 1 heterocycles. The molecule has 1 aliphatic rings. The van der Waals surface area contributed by atoms with Crippen LogP contribution in [-0.4, -0.2) is 99.6 Å². The maximum absolute atomic E-state index is 13.4. The first-order chi connectivity index (χ1) is 37.2. The van der Waals surface area contributed by atoms with Crippen molar-refractivity contribution in [3.8, 4) is 0 Å². The van der Waals surface area contributed by atoms with Crippen LogP contribution in [0.15, 0.2) is 109 Å². The quantitative estimate of drug-likeness (QED) is 0.0195. The van der Waals surface area contributed by atoms with Crippen LogP contribution in [0.5, 0.6) is 0 Å². The monoisotopic (exact) mass is 1060 g/mol. The van der Waals surface area contributed by atoms with E-state index in [4.69, 9.17) is 14.2 Å². The summed E-state index contributed by atoms with van der Waals surface area (Å²) in [5.74, 6) is -1.30. The van der Waals surface area contributed by atoms with E-state index in [1.165, 1.54) is 64.2 Å². The molecule has 1 fully saturated rings. The molecule has 1 saturated heterocycles. The first-order valence-electron chi connectivity index (χ1n) is 30.2. The lowest BCUT2D eigenvalue weighted by atomic mass is 9.99. The van der Waals surface area contributed by atoms with Crippen LogP contribution in [0.4, 0.5) is 0 Å². The van der Waals surface area contributed by atoms with E-state index in [1.54, 1.807) is 6.08 Å². The Labute approximate surface area is 462 Å². The highest BCUT2D eigenvalue weighted by atomic mass is 16.7. The van der Waals surface area contributed by atoms with Gasteiger partial charge in [0, 0.05) is 6.42 Å². The zero-order valence-corrected chi connectivity index (χ0v) is 47.8. The van der Waals surface area contributed by atoms with Gasteiger partial charge in [-0.25, -0.2) is 0 Å². The summed E-state index contributed by atoms with van der Waals surface area (Å²) in [5, 5.41) is 56.9. The molecule has 1 aliphatic heterocycles. The number of hydrogen-bond acceptors (Lipinski definition) is 10. The van der Waals surface area contributed by atoms with Crippen molar-refractivity contribution in [3.05, 3.63) is 109 Å². The van der Waals surface area contributed by atoms with Gasteiger partial charge in [0.25, 0.3) is 0 Å². The molecule has 76 heavy (non-hydrogen) atoms. The number of unbranched alkanes of at least 4 members (excludes halogenated alkanes) is 19. The van der Waals surface area contributed by atoms with Gasteiger partial charge in [0.05, 0.1) is 25.4 Å². The Bertz CT molecular complexity index is 1650. The summed E-state index contributed by atoms with van der Waals surface area (Å²) in [6, 6.07) is -1.05. The summed E-state index contributed by atoms with van der Waals surface area (Å²) in [6.45, 7) is 5.59. The van der Waals surface area contributed by atoms with Gasteiger partial charge in [0.2, 0.25) is 5.91 Å². The zero-order valence-electron chi connectivity index (χ0n) is 47.8. The number of ether oxygens (including phenoxy) is 3. The average Bonchev–Trinajstić information content (AvgIpc) is 3.42. The van der Waals surface area contributed by atoms with Gasteiger partial charge >= 0.3 is 5.97 Å². The van der Waals surface area contributed by atoms with E-state index in [9.17, 15) is 35.1 Å². The van der Waals surface area contributed by atoms with Crippen molar-refractivity contribution in [3.63, 3.8) is 0 Å². The van der Waals surface area contributed by atoms with Gasteiger partial charge in [0.1, 0.15) is 24.4 Å². The summed E-state index contributed by atoms with van der Waals surface area (Å²) >= 11 is 0. The number of nitrogens with one attached hydrogen (secondary N) is 1. The second-order valence-electron chi connectivity index (χ2n) is 20.3. The summed E-state index contributed by atoms with van der Waals surface area (Å²) < 4.78 is 17.5. The van der Waals surface area contributed by atoms with E-state index in [0.717, 1.165) is 109 Å². The summed E-state index contributed by atoms with van der Waals surface area (Å²) in [6.07, 6.45) is 59.9. The molecule has 0 spiro atoms. The van der Waals surface area contributed by atoms with Crippen LogP contribution in [0.3, 0.4) is 0 Å². The fourth-order valence-corrected chi connectivity index (χ4v) is 8.65. The Kier molecular flexibility index (Phi) is 48.2. The van der Waals surface area contributed by atoms with E-state index >= 15 is 0 Å². The highest BCUT2D eigenvalue weighted by Gasteiger charge is 2.47. The topological polar surface area (TPSA) is 175 Å². The smallest absolute Gasteiger partial charge is 0.306 e. The van der Waals surface area contributed by atoms with Gasteiger partial charge in [-0.2, -0.15) is 0 Å². The van der Waals surface area contributed by atoms with Crippen LogP contribution in [0.2, 0.25) is 0 Å². The third-order valence-corrected chi connectivity index (χ3v) is 13.4. The maximum Gasteiger partial charge on any atom is 0.306 e. The van der Waals surface area contributed by atoms with Crippen LogP contribution < -0.4 is 5.32 Å². The molecule has 1 amide bonds. The third-order valence-electron chi connectivity index (χ3n) is 13.4. The fraction of sp³-hybridized carbons (Fsp3) is 0.692. The van der Waals surface area contributed by atoms with Crippen molar-refractivity contribution in [2.75, 3.05) is 13.2 Å². The number of rotatable bonds is 49. The Balaban J connectivity index is 2.76. The van der Waals surface area contributed by atoms with Crippen molar-refractivity contribution in [2.24, 2.45) is 0 Å². The molecule has 0 saturated carbocycles. The first-order valence-corrected chi connectivity index (χ1v) is 30.2. The van der Waals surface area contributed by atoms with Crippen LogP contribution in [-0.2, 0) is 23.8 Å². The minimum Gasteiger partial charge on any atom is -0.454 e. The van der Waals surface area contributed by atoms with Crippen molar-refractivity contribution < 1.29 is 49.3 Å². The molecule has 11 nitrogen and oxygen atoms in total. The van der Waals surface area contributed by atoms with Gasteiger partial charge in [0.15, 0.2) is 12.4 Å². The largest absolute Gasteiger partial charge is 0.454 e. The lowest BCUT2D eigenvalue weighted by Crippen LogP contribution is -2.61. The van der Waals surface area contributed by atoms with E-state index in [0.29, 0.717) is 19.3 Å². The van der Waals surface area contributed by atoms with Gasteiger partial charge < -0.3 is 45.1 Å². The van der Waals surface area contributed by atoms with E-state index < -0.39 is 67.4 Å². The Hall–Kier alpha value is -3.68. The van der Waals surface area contributed by atoms with Crippen molar-refractivity contribution in [1.82, 2.24) is 5.32 Å². The number of aliphatic hydroxyl groups is 5. The van der Waals surface area contributed by atoms with Crippen molar-refractivity contribution in [1.29, 1.82) is 0 Å². The highest BCUT2D eigenvalue weighted by Crippen LogP contribution is 2.26. The Morgan fingerprint density at radius 2 is 0.947 bits per heavy atom. The number of carbonyl (C=O) groups excluding carboxylic acids is 2. The van der Waals surface area contributed by atoms with Crippen LogP contribution in [0.1, 0.15) is 226 Å². The second-order valence-corrected chi connectivity index (χ2v) is 20.3. The molecule has 0 aromatic rings. The van der Waals surface area contributed by atoms with E-state index in [-0.39, 0.29) is 19.4 Å². The summed E-state index contributed by atoms with van der Waals surface area (Å²) in [4.78, 5) is 26.5. The molecule has 8 atom stereocenters. The van der Waals surface area contributed by atoms with E-state index in [1.807, 2.05) is 18.2 Å². The molecule has 8 unspecified atom stereocenters. The number of aliphatic hydroxyl groups excluding tert-OH is 5. The normalized spacial score (nSPS) is 19.9. The average molecular weight is 1060 g/mol. The molecular weight excluding hydrogens is 955 g/mol. The molecule has 0 bridgehead atoms. The molecule has 11 heteroatoms. The van der Waals surface area contributed by atoms with Crippen LogP contribution in [0.25, 0.3) is 0 Å². The first kappa shape index (κ1) is 70.3. The molecule has 6 N–H and O–H groups in total. The molecular formula is C65H109NO10. The number of hydrogen-bond donors (Lipinski definition) is 6. The lowest BCUT2D eigenvalue weighted by molar-refractivity contribution is -0.305. The molecule has 434 valence electrons. The lowest BCUT2D eigenvalue weighted by Gasteiger charge is -2.41. The van der Waals surface area contributed by atoms with Gasteiger partial charge in [-0.05, 0) is 96.3 Å². The number of esters is 1. The molecule has 0 aromatic heterocycles. The zero-order chi connectivity index (χ0) is 55.4. The molecule has 0 aliphatic carbocycles. The molecule has 0 aromatic carbocycles. The Morgan fingerprint density at radius 3 is 1.45 bits per heavy atom. The van der Waals surface area contributed by atoms with Gasteiger partial charge in [-0.3, -0.25) is 9.59 Å². The standard InChI is InChI=1S/C65H109NO10/c1-4-7-10-13-16-19-22-25-27-29-30-31-33-35-38-41-44-47-50-53-60(70)76-63-62(72)61(71)59(54-67)75-65(63)74-55-56(57(68)51-48-45-42-39-36-24-21-18-15-12-9-6-3)66-64(73)58(69)52-49-46-43-40-37-34-32-28-26-23-20-17-14-11-8-5-2/h7,10,16-17,19-20,25-28,30-31,35,38,44,47-48,51,56-59,61-63,65,67-69,71-72H,4-6,8-9,11-15,18,21-24,29,32-34,36-37,39-43,45-46,49-50,52-55H2,1-3H3,(H,66,73)/b10-7-,19-16-,20-17-,27-25-,28-26-,31-30-,38-35-,47-44-,51-48+. The maximum atomic E-state index is 13.4. The Morgan fingerprint density at radius 1 is 0.526 bits per heavy atom. The summed E-state index contributed by atoms with van der Waals surface area (Å²) in [7, 11) is 0. The fourth-order valence-electron chi connectivity index (χ4n) is 8.65. The SMILES string of the molecule is CC/C=C\C/C=C\C/C=C\C/C=C\C/C=C\C/C=C\CCC(=O)OC1C(OCC(NC(=O)C(O)CCCCCCCC/C=C\C/C=C\CCCCC)C(O)/C=C/CCCCCCCCCCCC)OC(CO)C(O)C1O. The van der Waals surface area contributed by atoms with E-state index in [2.05, 4.69) is 111 Å². The van der Waals surface area contributed by atoms with Crippen molar-refractivity contribution >= 4 is 11.9 Å². The van der Waals surface area contributed by atoms with Gasteiger partial charge in [-0.15, -0.1) is 0 Å². The van der Waals surface area contributed by atoms with Crippen LogP contribution in [0, 0.1) is 0 Å². The predicted molar refractivity (Wildman–Crippen MR) is 315 cm³/mol. The number of carbonyl (C=O) groups is 2. The van der Waals surface area contributed by atoms with Gasteiger partial charge in [-0.1, -0.05) is 233 Å². The number of amides is 1. The van der Waals surface area contributed by atoms with Crippen LogP contribution >= 0.6 is 0 Å². The highest BCUT2D eigenvalue weighted by molar-refractivity contribution is 5.80. The van der Waals surface area contributed by atoms with Crippen molar-refractivity contribution in [2.45, 2.75) is 275 Å². The predicted octanol–water partition coefficient (Wildman–Crippen LogP) is 14.1. The summed E-state index contributed by atoms with van der Waals surface area (Å²) in [5.41, 5.74) is 0. The number of allylic oxidation sites excluding steroid dienone is 17.